The van der Waals surface area contributed by atoms with Gasteiger partial charge in [0, 0.05) is 17.5 Å². The molecule has 124 valence electrons. The molecule has 6 nitrogen and oxygen atoms in total. The standard InChI is InChI=1S/C17H19FN6/c1-10-12-6-11(2-3-14(12)24-23-10)16-8-20-9-17(22-16)21-15-4-5-19-7-13(15)18/h2-3,6,8-9,13,15,19H,4-5,7H2,1H3,(H,21,22)(H,23,24)/t13-,15-/m0/s1. The largest absolute Gasteiger partial charge is 0.363 e. The molecule has 3 aromatic rings. The van der Waals surface area contributed by atoms with Crippen LogP contribution in [0.15, 0.2) is 30.6 Å². The Hall–Kier alpha value is -2.54. The molecule has 0 spiro atoms. The van der Waals surface area contributed by atoms with E-state index < -0.39 is 6.17 Å². The number of aryl methyl sites for hydroxylation is 1. The summed E-state index contributed by atoms with van der Waals surface area (Å²) in [5.74, 6) is 0.603. The second kappa shape index (κ2) is 6.16. The summed E-state index contributed by atoms with van der Waals surface area (Å²) in [6.07, 6.45) is 3.17. The van der Waals surface area contributed by atoms with Gasteiger partial charge in [-0.05, 0) is 32.0 Å². The van der Waals surface area contributed by atoms with Gasteiger partial charge in [-0.15, -0.1) is 0 Å². The van der Waals surface area contributed by atoms with Gasteiger partial charge in [0.2, 0.25) is 0 Å². The van der Waals surface area contributed by atoms with Crippen molar-refractivity contribution < 1.29 is 4.39 Å². The maximum atomic E-state index is 14.0. The maximum absolute atomic E-state index is 14.0. The normalized spacial score (nSPS) is 21.1. The summed E-state index contributed by atoms with van der Waals surface area (Å²) < 4.78 is 14.0. The molecule has 0 unspecified atom stereocenters. The summed E-state index contributed by atoms with van der Waals surface area (Å²) >= 11 is 0. The number of piperidine rings is 1. The number of H-pyrrole nitrogens is 1. The number of halogens is 1. The summed E-state index contributed by atoms with van der Waals surface area (Å²) in [5, 5.41) is 14.5. The molecule has 1 aliphatic rings. The first-order valence-corrected chi connectivity index (χ1v) is 8.09. The molecule has 0 aliphatic carbocycles. The monoisotopic (exact) mass is 326 g/mol. The Labute approximate surface area is 138 Å². The predicted octanol–water partition coefficient (Wildman–Crippen LogP) is 2.44. The van der Waals surface area contributed by atoms with Crippen LogP contribution in [0.5, 0.6) is 0 Å². The van der Waals surface area contributed by atoms with Crippen molar-refractivity contribution >= 4 is 16.7 Å². The second-order valence-corrected chi connectivity index (χ2v) is 6.12. The first-order chi connectivity index (χ1) is 11.7. The number of nitrogens with one attached hydrogen (secondary N) is 3. The van der Waals surface area contributed by atoms with E-state index in [0.717, 1.165) is 40.8 Å². The smallest absolute Gasteiger partial charge is 0.145 e. The van der Waals surface area contributed by atoms with Crippen LogP contribution >= 0.6 is 0 Å². The fourth-order valence-electron chi connectivity index (χ4n) is 3.05. The minimum absolute atomic E-state index is 0.227. The lowest BCUT2D eigenvalue weighted by Gasteiger charge is -2.27. The molecule has 1 saturated heterocycles. The number of alkyl halides is 1. The zero-order valence-electron chi connectivity index (χ0n) is 13.4. The first kappa shape index (κ1) is 15.0. The predicted molar refractivity (Wildman–Crippen MR) is 91.7 cm³/mol. The molecule has 1 aromatic carbocycles. The van der Waals surface area contributed by atoms with E-state index in [-0.39, 0.29) is 6.04 Å². The van der Waals surface area contributed by atoms with Crippen LogP contribution in [0, 0.1) is 6.92 Å². The van der Waals surface area contributed by atoms with E-state index in [1.54, 1.807) is 12.4 Å². The van der Waals surface area contributed by atoms with E-state index in [1.807, 2.05) is 25.1 Å². The van der Waals surface area contributed by atoms with Crippen LogP contribution in [-0.2, 0) is 0 Å². The highest BCUT2D eigenvalue weighted by Gasteiger charge is 2.24. The van der Waals surface area contributed by atoms with Gasteiger partial charge < -0.3 is 10.6 Å². The molecule has 1 fully saturated rings. The number of anilines is 1. The number of aromatic nitrogens is 4. The number of fused-ring (bicyclic) bond motifs is 1. The van der Waals surface area contributed by atoms with Gasteiger partial charge >= 0.3 is 0 Å². The lowest BCUT2D eigenvalue weighted by Crippen LogP contribution is -2.45. The van der Waals surface area contributed by atoms with Crippen LogP contribution in [0.2, 0.25) is 0 Å². The third kappa shape index (κ3) is 2.82. The van der Waals surface area contributed by atoms with E-state index >= 15 is 0 Å². The Balaban J connectivity index is 1.62. The Kier molecular flexibility index (Phi) is 3.86. The van der Waals surface area contributed by atoms with Crippen LogP contribution < -0.4 is 10.6 Å². The molecule has 3 heterocycles. The van der Waals surface area contributed by atoms with Crippen molar-refractivity contribution in [3.05, 3.63) is 36.3 Å². The summed E-state index contributed by atoms with van der Waals surface area (Å²) in [6, 6.07) is 5.78. The van der Waals surface area contributed by atoms with Gasteiger partial charge in [0.1, 0.15) is 12.0 Å². The third-order valence-electron chi connectivity index (χ3n) is 4.43. The SMILES string of the molecule is Cc1n[nH]c2ccc(-c3cncc(N[C@H]4CCNC[C@@H]4F)n3)cc12. The lowest BCUT2D eigenvalue weighted by atomic mass is 10.1. The fourth-order valence-corrected chi connectivity index (χ4v) is 3.05. The molecule has 1 aliphatic heterocycles. The van der Waals surface area contributed by atoms with E-state index in [0.29, 0.717) is 12.4 Å². The van der Waals surface area contributed by atoms with E-state index in [2.05, 4.69) is 30.8 Å². The molecule has 0 bridgehead atoms. The van der Waals surface area contributed by atoms with Crippen molar-refractivity contribution in [3.8, 4) is 11.3 Å². The Bertz CT molecular complexity index is 861. The number of aromatic amines is 1. The van der Waals surface area contributed by atoms with E-state index in [9.17, 15) is 4.39 Å². The Morgan fingerprint density at radius 3 is 3.08 bits per heavy atom. The molecular formula is C17H19FN6. The van der Waals surface area contributed by atoms with Gasteiger partial charge in [-0.25, -0.2) is 9.37 Å². The van der Waals surface area contributed by atoms with Crippen molar-refractivity contribution in [1.82, 2.24) is 25.5 Å². The number of hydrogen-bond acceptors (Lipinski definition) is 5. The highest BCUT2D eigenvalue weighted by molar-refractivity contribution is 5.85. The van der Waals surface area contributed by atoms with E-state index in [1.165, 1.54) is 0 Å². The number of nitrogens with zero attached hydrogens (tertiary/aromatic N) is 3. The van der Waals surface area contributed by atoms with Crippen molar-refractivity contribution in [2.24, 2.45) is 0 Å². The Morgan fingerprint density at radius 2 is 2.21 bits per heavy atom. The van der Waals surface area contributed by atoms with Gasteiger partial charge in [-0.2, -0.15) is 5.10 Å². The van der Waals surface area contributed by atoms with Crippen molar-refractivity contribution in [2.45, 2.75) is 25.6 Å². The van der Waals surface area contributed by atoms with Gasteiger partial charge in [0.05, 0.1) is 35.3 Å². The quantitative estimate of drug-likeness (QED) is 0.689. The number of hydrogen-bond donors (Lipinski definition) is 3. The molecule has 3 N–H and O–H groups in total. The van der Waals surface area contributed by atoms with Crippen LogP contribution in [0.4, 0.5) is 10.2 Å². The highest BCUT2D eigenvalue weighted by atomic mass is 19.1. The minimum atomic E-state index is -0.922. The zero-order chi connectivity index (χ0) is 16.5. The summed E-state index contributed by atoms with van der Waals surface area (Å²) in [6.45, 7) is 3.15. The molecular weight excluding hydrogens is 307 g/mol. The van der Waals surface area contributed by atoms with Gasteiger partial charge in [0.15, 0.2) is 0 Å². The molecule has 2 atom stereocenters. The van der Waals surface area contributed by atoms with Crippen molar-refractivity contribution in [1.29, 1.82) is 0 Å². The lowest BCUT2D eigenvalue weighted by molar-refractivity contribution is 0.244. The number of rotatable bonds is 3. The molecule has 0 amide bonds. The molecule has 7 heteroatoms. The average Bonchev–Trinajstić information content (AvgIpc) is 2.98. The maximum Gasteiger partial charge on any atom is 0.145 e. The second-order valence-electron chi connectivity index (χ2n) is 6.12. The first-order valence-electron chi connectivity index (χ1n) is 8.09. The number of benzene rings is 1. The molecule has 0 saturated carbocycles. The highest BCUT2D eigenvalue weighted by Crippen LogP contribution is 2.24. The fraction of sp³-hybridized carbons (Fsp3) is 0.353. The molecule has 4 rings (SSSR count). The van der Waals surface area contributed by atoms with Gasteiger partial charge in [-0.3, -0.25) is 10.1 Å². The van der Waals surface area contributed by atoms with Crippen molar-refractivity contribution in [2.75, 3.05) is 18.4 Å². The van der Waals surface area contributed by atoms with Crippen LogP contribution in [0.1, 0.15) is 12.1 Å². The third-order valence-corrected chi connectivity index (χ3v) is 4.43. The van der Waals surface area contributed by atoms with Crippen LogP contribution in [0.25, 0.3) is 22.2 Å². The zero-order valence-corrected chi connectivity index (χ0v) is 13.4. The minimum Gasteiger partial charge on any atom is -0.363 e. The van der Waals surface area contributed by atoms with Crippen molar-refractivity contribution in [3.63, 3.8) is 0 Å². The van der Waals surface area contributed by atoms with Gasteiger partial charge in [0.25, 0.3) is 0 Å². The van der Waals surface area contributed by atoms with E-state index in [4.69, 9.17) is 0 Å². The molecule has 2 aromatic heterocycles. The van der Waals surface area contributed by atoms with Gasteiger partial charge in [-0.1, -0.05) is 6.07 Å². The topological polar surface area (TPSA) is 78.5 Å². The molecule has 0 radical (unpaired) electrons. The van der Waals surface area contributed by atoms with Crippen LogP contribution in [0.3, 0.4) is 0 Å². The summed E-state index contributed by atoms with van der Waals surface area (Å²) in [5.41, 5.74) is 3.66. The average molecular weight is 326 g/mol. The Morgan fingerprint density at radius 1 is 1.29 bits per heavy atom. The summed E-state index contributed by atoms with van der Waals surface area (Å²) in [4.78, 5) is 8.86. The van der Waals surface area contributed by atoms with Crippen LogP contribution in [-0.4, -0.2) is 45.5 Å². The molecule has 24 heavy (non-hydrogen) atoms. The summed E-state index contributed by atoms with van der Waals surface area (Å²) in [7, 11) is 0.